The molecule has 1 aromatic heterocycles. The fourth-order valence-corrected chi connectivity index (χ4v) is 10.2. The molecule has 54 heavy (non-hydrogen) atoms. The van der Waals surface area contributed by atoms with Gasteiger partial charge in [-0.3, -0.25) is 0 Å². The van der Waals surface area contributed by atoms with Crippen LogP contribution in [0.15, 0.2) is 169 Å². The van der Waals surface area contributed by atoms with E-state index >= 15 is 0 Å². The summed E-state index contributed by atoms with van der Waals surface area (Å²) in [7, 11) is 0. The van der Waals surface area contributed by atoms with Crippen LogP contribution in [0.25, 0.3) is 43.8 Å². The molecule has 1 aliphatic heterocycles. The summed E-state index contributed by atoms with van der Waals surface area (Å²) in [6, 6.07) is 56.4. The molecule has 2 heteroatoms. The topological polar surface area (TPSA) is 8.17 Å². The minimum atomic E-state index is -0.111. The van der Waals surface area contributed by atoms with Gasteiger partial charge in [-0.25, -0.2) is 0 Å². The van der Waals surface area contributed by atoms with Crippen LogP contribution in [0, 0.1) is 0 Å². The highest BCUT2D eigenvalue weighted by molar-refractivity contribution is 6.12. The Balaban J connectivity index is 1.01. The van der Waals surface area contributed by atoms with Gasteiger partial charge in [-0.05, 0) is 93.7 Å². The summed E-state index contributed by atoms with van der Waals surface area (Å²) >= 11 is 0. The van der Waals surface area contributed by atoms with Crippen molar-refractivity contribution in [3.63, 3.8) is 0 Å². The number of para-hydroxylation sites is 3. The molecule has 0 fully saturated rings. The highest BCUT2D eigenvalue weighted by Crippen LogP contribution is 2.56. The predicted octanol–water partition coefficient (Wildman–Crippen LogP) is 13.8. The van der Waals surface area contributed by atoms with E-state index in [-0.39, 0.29) is 10.8 Å². The predicted molar refractivity (Wildman–Crippen MR) is 228 cm³/mol. The Morgan fingerprint density at radius 2 is 1.31 bits per heavy atom. The molecule has 0 radical (unpaired) electrons. The summed E-state index contributed by atoms with van der Waals surface area (Å²) < 4.78 is 2.51. The number of hydrogen-bond acceptors (Lipinski definition) is 1. The molecule has 260 valence electrons. The van der Waals surface area contributed by atoms with Crippen molar-refractivity contribution in [1.82, 2.24) is 4.57 Å². The summed E-state index contributed by atoms with van der Waals surface area (Å²) in [4.78, 5) is 2.44. The third kappa shape index (κ3) is 4.28. The molecule has 2 nitrogen and oxygen atoms in total. The van der Waals surface area contributed by atoms with Gasteiger partial charge in [0, 0.05) is 44.3 Å². The van der Waals surface area contributed by atoms with Crippen molar-refractivity contribution >= 4 is 55.2 Å². The molecule has 2 aliphatic carbocycles. The number of nitrogens with zero attached hydrogens (tertiary/aromatic N) is 2. The van der Waals surface area contributed by atoms with Gasteiger partial charge in [-0.2, -0.15) is 0 Å². The van der Waals surface area contributed by atoms with Crippen molar-refractivity contribution in [3.8, 4) is 5.69 Å². The molecule has 0 amide bonds. The van der Waals surface area contributed by atoms with Gasteiger partial charge in [0.05, 0.1) is 22.4 Å². The van der Waals surface area contributed by atoms with Crippen LogP contribution in [-0.4, -0.2) is 4.57 Å². The van der Waals surface area contributed by atoms with Crippen LogP contribution in [0.3, 0.4) is 0 Å². The molecule has 0 bridgehead atoms. The molecule has 7 aromatic carbocycles. The lowest BCUT2D eigenvalue weighted by Gasteiger charge is -2.34. The van der Waals surface area contributed by atoms with Gasteiger partial charge in [0.1, 0.15) is 0 Å². The Hall–Kier alpha value is -6.12. The smallest absolute Gasteiger partial charge is 0.0582 e. The zero-order chi connectivity index (χ0) is 36.3. The third-order valence-corrected chi connectivity index (χ3v) is 13.0. The number of fused-ring (bicyclic) bond motifs is 9. The fourth-order valence-electron chi connectivity index (χ4n) is 10.2. The largest absolute Gasteiger partial charge is 0.310 e. The van der Waals surface area contributed by atoms with Crippen molar-refractivity contribution in [2.45, 2.75) is 50.9 Å². The highest BCUT2D eigenvalue weighted by atomic mass is 15.1. The third-order valence-electron chi connectivity index (χ3n) is 13.0. The van der Waals surface area contributed by atoms with E-state index in [1.54, 1.807) is 0 Å². The second-order valence-electron chi connectivity index (χ2n) is 16.5. The monoisotopic (exact) mass is 694 g/mol. The Morgan fingerprint density at radius 3 is 2.20 bits per heavy atom. The average Bonchev–Trinajstić information content (AvgIpc) is 3.65. The van der Waals surface area contributed by atoms with E-state index in [9.17, 15) is 0 Å². The highest BCUT2D eigenvalue weighted by Gasteiger charge is 2.43. The van der Waals surface area contributed by atoms with E-state index in [4.69, 9.17) is 0 Å². The number of allylic oxidation sites excluding steroid dienone is 4. The Labute approximate surface area is 317 Å². The molecule has 1 unspecified atom stereocenters. The maximum atomic E-state index is 2.52. The first-order valence-corrected chi connectivity index (χ1v) is 19.4. The summed E-state index contributed by atoms with van der Waals surface area (Å²) in [6.07, 6.45) is 6.02. The molecule has 0 saturated carbocycles. The fraction of sp³-hybridized carbons (Fsp3) is 0.154. The molecule has 11 rings (SSSR count). The van der Waals surface area contributed by atoms with Gasteiger partial charge >= 0.3 is 0 Å². The minimum absolute atomic E-state index is 0.0649. The number of benzene rings is 7. The Bertz CT molecular complexity index is 2910. The van der Waals surface area contributed by atoms with Gasteiger partial charge in [0.2, 0.25) is 0 Å². The lowest BCUT2D eigenvalue weighted by atomic mass is 9.75. The zero-order valence-electron chi connectivity index (χ0n) is 31.3. The van der Waals surface area contributed by atoms with Gasteiger partial charge < -0.3 is 9.47 Å². The van der Waals surface area contributed by atoms with Gasteiger partial charge in [-0.15, -0.1) is 0 Å². The van der Waals surface area contributed by atoms with Crippen LogP contribution in [0.1, 0.15) is 67.9 Å². The van der Waals surface area contributed by atoms with E-state index in [0.717, 1.165) is 12.1 Å². The second kappa shape index (κ2) is 11.2. The van der Waals surface area contributed by atoms with Gasteiger partial charge in [0.25, 0.3) is 0 Å². The summed E-state index contributed by atoms with van der Waals surface area (Å²) in [5.41, 5.74) is 17.1. The molecule has 0 saturated heterocycles. The van der Waals surface area contributed by atoms with Crippen LogP contribution < -0.4 is 4.90 Å². The lowest BCUT2D eigenvalue weighted by molar-refractivity contribution is 0.613. The number of aromatic nitrogens is 1. The first-order chi connectivity index (χ1) is 26.3. The molecular weight excluding hydrogens is 653 g/mol. The summed E-state index contributed by atoms with van der Waals surface area (Å²) in [5.74, 6) is 0.386. The first-order valence-electron chi connectivity index (χ1n) is 19.4. The number of anilines is 3. The van der Waals surface area contributed by atoms with E-state index in [0.29, 0.717) is 5.92 Å². The molecule has 0 N–H and O–H groups in total. The molecule has 3 aliphatic rings. The maximum Gasteiger partial charge on any atom is 0.0582 e. The van der Waals surface area contributed by atoms with Gasteiger partial charge in [-0.1, -0.05) is 149 Å². The van der Waals surface area contributed by atoms with Crippen LogP contribution in [0.5, 0.6) is 0 Å². The molecule has 0 spiro atoms. The average molecular weight is 695 g/mol. The zero-order valence-corrected chi connectivity index (χ0v) is 31.3. The van der Waals surface area contributed by atoms with E-state index in [1.165, 1.54) is 88.6 Å². The maximum absolute atomic E-state index is 2.52. The quantitative estimate of drug-likeness (QED) is 0.178. The number of hydrogen-bond donors (Lipinski definition) is 0. The van der Waals surface area contributed by atoms with Gasteiger partial charge in [0.15, 0.2) is 0 Å². The van der Waals surface area contributed by atoms with E-state index in [1.807, 2.05) is 0 Å². The van der Waals surface area contributed by atoms with Crippen molar-refractivity contribution in [2.24, 2.45) is 0 Å². The first kappa shape index (κ1) is 31.4. The minimum Gasteiger partial charge on any atom is -0.310 e. The van der Waals surface area contributed by atoms with Crippen LogP contribution in [0.2, 0.25) is 0 Å². The van der Waals surface area contributed by atoms with Crippen LogP contribution in [0.4, 0.5) is 17.1 Å². The molecule has 1 atom stereocenters. The van der Waals surface area contributed by atoms with Crippen molar-refractivity contribution < 1.29 is 0 Å². The van der Waals surface area contributed by atoms with E-state index in [2.05, 4.69) is 201 Å². The second-order valence-corrected chi connectivity index (χ2v) is 16.5. The molecular formula is C52H42N2. The van der Waals surface area contributed by atoms with Crippen LogP contribution in [-0.2, 0) is 10.8 Å². The number of rotatable bonds is 4. The van der Waals surface area contributed by atoms with Crippen molar-refractivity contribution in [2.75, 3.05) is 4.90 Å². The standard InChI is InChI=1S/C52H42N2/c1-51(2)43-20-10-11-22-49(43)54-48-29-25-34(30-42(48)41-19-13-21-44(51)50(41)54)35-24-27-39-40-28-26-37(32-46(40)52(3,4)45(39)31-35)53(36-16-6-5-7-17-36)47-23-12-15-33-14-8-9-18-38(33)47/h5-26,28-32,39H,27H2,1-4H3. The lowest BCUT2D eigenvalue weighted by Crippen LogP contribution is -2.26. The van der Waals surface area contributed by atoms with E-state index < -0.39 is 0 Å². The van der Waals surface area contributed by atoms with Crippen molar-refractivity contribution in [3.05, 3.63) is 197 Å². The van der Waals surface area contributed by atoms with Crippen LogP contribution >= 0.6 is 0 Å². The normalized spacial score (nSPS) is 17.5. The Morgan fingerprint density at radius 1 is 0.574 bits per heavy atom. The summed E-state index contributed by atoms with van der Waals surface area (Å²) in [6.45, 7) is 9.61. The SMILES string of the molecule is CC1(C)C2=CC(c3ccc4c(c3)c3cccc5c3n4-c3ccccc3C5(C)C)=CCC2c2ccc(N(c3ccccc3)c3cccc4ccccc34)cc21. The molecule has 8 aromatic rings. The summed E-state index contributed by atoms with van der Waals surface area (Å²) in [5, 5.41) is 5.16. The molecule has 2 heterocycles. The van der Waals surface area contributed by atoms with Crippen molar-refractivity contribution in [1.29, 1.82) is 0 Å². The Kier molecular flexibility index (Phi) is 6.51.